The monoisotopic (exact) mass is 204 g/mol. The Kier molecular flexibility index (Phi) is 1.58. The molecule has 3 aliphatic heterocycles. The number of amidine groups is 1. The van der Waals surface area contributed by atoms with Gasteiger partial charge in [-0.05, 0) is 18.2 Å². The van der Waals surface area contributed by atoms with Crippen molar-refractivity contribution in [3.63, 3.8) is 0 Å². The predicted molar refractivity (Wildman–Crippen MR) is 56.7 cm³/mol. The highest BCUT2D eigenvalue weighted by atomic mass is 32.2. The molecule has 1 atom stereocenters. The molecule has 0 aromatic heterocycles. The van der Waals surface area contributed by atoms with Crippen molar-refractivity contribution in [1.29, 1.82) is 0 Å². The quantitative estimate of drug-likeness (QED) is 0.595. The molecular weight excluding hydrogens is 196 g/mol. The summed E-state index contributed by atoms with van der Waals surface area (Å²) >= 11 is 0. The normalized spacial score (nSPS) is 27.9. The van der Waals surface area contributed by atoms with Crippen LogP contribution in [0.15, 0.2) is 52.3 Å². The van der Waals surface area contributed by atoms with Crippen molar-refractivity contribution in [2.24, 2.45) is 4.99 Å². The van der Waals surface area contributed by atoms with E-state index >= 15 is 0 Å². The van der Waals surface area contributed by atoms with E-state index in [0.29, 0.717) is 5.75 Å². The van der Waals surface area contributed by atoms with E-state index in [4.69, 9.17) is 0 Å². The Morgan fingerprint density at radius 1 is 1.43 bits per heavy atom. The molecule has 0 saturated heterocycles. The minimum atomic E-state index is -0.893. The van der Waals surface area contributed by atoms with E-state index in [1.54, 1.807) is 6.20 Å². The molecule has 3 rings (SSSR count). The molecule has 14 heavy (non-hydrogen) atoms. The Morgan fingerprint density at radius 3 is 3.29 bits per heavy atom. The van der Waals surface area contributed by atoms with Crippen LogP contribution >= 0.6 is 0 Å². The lowest BCUT2D eigenvalue weighted by molar-refractivity contribution is 0.682. The van der Waals surface area contributed by atoms with Gasteiger partial charge < -0.3 is 4.90 Å². The molecule has 0 amide bonds. The van der Waals surface area contributed by atoms with Gasteiger partial charge in [0.25, 0.3) is 0 Å². The van der Waals surface area contributed by atoms with Gasteiger partial charge in [-0.25, -0.2) is 4.99 Å². The lowest BCUT2D eigenvalue weighted by atomic mass is 10.2. The van der Waals surface area contributed by atoms with Gasteiger partial charge in [0.15, 0.2) is 0 Å². The van der Waals surface area contributed by atoms with E-state index in [-0.39, 0.29) is 0 Å². The molecule has 0 bridgehead atoms. The Bertz CT molecular complexity index is 469. The molecule has 1 unspecified atom stereocenters. The first kappa shape index (κ1) is 7.94. The topological polar surface area (TPSA) is 32.7 Å². The van der Waals surface area contributed by atoms with Crippen LogP contribution in [-0.2, 0) is 10.8 Å². The van der Waals surface area contributed by atoms with Gasteiger partial charge in [-0.15, -0.1) is 0 Å². The molecule has 0 N–H and O–H groups in total. The van der Waals surface area contributed by atoms with Gasteiger partial charge in [-0.3, -0.25) is 4.21 Å². The van der Waals surface area contributed by atoms with E-state index in [1.165, 1.54) is 0 Å². The molecule has 0 aromatic carbocycles. The molecule has 70 valence electrons. The average Bonchev–Trinajstić information content (AvgIpc) is 2.61. The fourth-order valence-corrected chi connectivity index (χ4v) is 2.75. The first-order valence-electron chi connectivity index (χ1n) is 4.37. The van der Waals surface area contributed by atoms with Crippen molar-refractivity contribution in [3.8, 4) is 0 Å². The largest absolute Gasteiger partial charge is 0.301 e. The molecule has 0 fully saturated rings. The van der Waals surface area contributed by atoms with Gasteiger partial charge in [0.05, 0.1) is 21.4 Å². The van der Waals surface area contributed by atoms with Crippen molar-refractivity contribution >= 4 is 16.6 Å². The molecule has 0 saturated carbocycles. The zero-order valence-corrected chi connectivity index (χ0v) is 8.20. The summed E-state index contributed by atoms with van der Waals surface area (Å²) in [5.74, 6) is 1.50. The second kappa shape index (κ2) is 2.78. The number of aliphatic imine (C=N–C) groups is 1. The number of fused-ring (bicyclic) bond motifs is 3. The maximum atomic E-state index is 11.5. The van der Waals surface area contributed by atoms with Crippen LogP contribution in [0.3, 0.4) is 0 Å². The zero-order chi connectivity index (χ0) is 9.54. The van der Waals surface area contributed by atoms with Crippen LogP contribution < -0.4 is 0 Å². The lowest BCUT2D eigenvalue weighted by Gasteiger charge is -2.26. The summed E-state index contributed by atoms with van der Waals surface area (Å²) in [5.41, 5.74) is 1.02. The first-order valence-corrected chi connectivity index (χ1v) is 5.69. The van der Waals surface area contributed by atoms with Crippen molar-refractivity contribution in [3.05, 3.63) is 47.3 Å². The van der Waals surface area contributed by atoms with E-state index in [9.17, 15) is 4.21 Å². The van der Waals surface area contributed by atoms with Crippen LogP contribution in [0.5, 0.6) is 0 Å². The van der Waals surface area contributed by atoms with Gasteiger partial charge in [0.2, 0.25) is 0 Å². The van der Waals surface area contributed by atoms with Gasteiger partial charge in [0, 0.05) is 18.2 Å². The molecule has 0 aromatic rings. The van der Waals surface area contributed by atoms with Gasteiger partial charge in [0.1, 0.15) is 5.84 Å². The molecule has 3 nitrogen and oxygen atoms in total. The molecule has 4 heteroatoms. The number of rotatable bonds is 0. The highest BCUT2D eigenvalue weighted by Crippen LogP contribution is 2.30. The molecule has 0 aliphatic carbocycles. The highest BCUT2D eigenvalue weighted by molar-refractivity contribution is 7.89. The van der Waals surface area contributed by atoms with Crippen molar-refractivity contribution in [2.75, 3.05) is 5.75 Å². The van der Waals surface area contributed by atoms with Crippen LogP contribution in [0.2, 0.25) is 0 Å². The fourth-order valence-electron chi connectivity index (χ4n) is 1.67. The van der Waals surface area contributed by atoms with Crippen LogP contribution in [0.4, 0.5) is 0 Å². The van der Waals surface area contributed by atoms with Crippen LogP contribution in [0, 0.1) is 0 Å². The number of nitrogens with zero attached hydrogens (tertiary/aromatic N) is 2. The zero-order valence-electron chi connectivity index (χ0n) is 7.38. The standard InChI is InChI=1S/C10H8N2OS/c13-14-6-4-8-9(14)7-11-10-3-1-2-5-12(8)10/h1-5,7H,6H2. The van der Waals surface area contributed by atoms with Gasteiger partial charge in [-0.1, -0.05) is 6.08 Å². The number of hydrogen-bond acceptors (Lipinski definition) is 3. The van der Waals surface area contributed by atoms with Crippen LogP contribution in [-0.4, -0.2) is 20.7 Å². The molecule has 3 aliphatic rings. The Morgan fingerprint density at radius 2 is 2.36 bits per heavy atom. The SMILES string of the molecule is O=S1CC=C2C1=CN=C1C=CC=CN21. The fraction of sp³-hybridized carbons (Fsp3) is 0.100. The van der Waals surface area contributed by atoms with Crippen molar-refractivity contribution < 1.29 is 4.21 Å². The maximum absolute atomic E-state index is 11.5. The minimum absolute atomic E-state index is 0.609. The van der Waals surface area contributed by atoms with E-state index in [0.717, 1.165) is 16.4 Å². The third-order valence-corrected chi connectivity index (χ3v) is 3.61. The molecule has 0 radical (unpaired) electrons. The smallest absolute Gasteiger partial charge is 0.137 e. The second-order valence-electron chi connectivity index (χ2n) is 3.15. The number of hydrogen-bond donors (Lipinski definition) is 0. The van der Waals surface area contributed by atoms with Crippen molar-refractivity contribution in [2.45, 2.75) is 0 Å². The van der Waals surface area contributed by atoms with Crippen molar-refractivity contribution in [1.82, 2.24) is 4.90 Å². The summed E-state index contributed by atoms with van der Waals surface area (Å²) in [4.78, 5) is 7.07. The summed E-state index contributed by atoms with van der Waals surface area (Å²) in [5, 5.41) is 0. The first-order chi connectivity index (χ1) is 6.86. The maximum Gasteiger partial charge on any atom is 0.137 e. The summed E-state index contributed by atoms with van der Waals surface area (Å²) in [7, 11) is -0.893. The van der Waals surface area contributed by atoms with E-state index < -0.39 is 10.8 Å². The Balaban J connectivity index is 2.14. The van der Waals surface area contributed by atoms with Crippen LogP contribution in [0.1, 0.15) is 0 Å². The Labute approximate surface area is 84.3 Å². The highest BCUT2D eigenvalue weighted by Gasteiger charge is 2.28. The molecular formula is C10H8N2OS. The molecule has 3 heterocycles. The summed E-state index contributed by atoms with van der Waals surface area (Å²) < 4.78 is 11.5. The third-order valence-electron chi connectivity index (χ3n) is 2.34. The summed E-state index contributed by atoms with van der Waals surface area (Å²) in [6, 6.07) is 0. The second-order valence-corrected chi connectivity index (χ2v) is 4.62. The third kappa shape index (κ3) is 0.974. The van der Waals surface area contributed by atoms with E-state index in [1.807, 2.05) is 35.4 Å². The van der Waals surface area contributed by atoms with E-state index in [2.05, 4.69) is 4.99 Å². The summed E-state index contributed by atoms with van der Waals surface area (Å²) in [6.07, 6.45) is 11.5. The predicted octanol–water partition coefficient (Wildman–Crippen LogP) is 1.27. The Hall–Kier alpha value is -1.42. The lowest BCUT2D eigenvalue weighted by Crippen LogP contribution is -2.27. The number of allylic oxidation sites excluding steroid dienone is 2. The van der Waals surface area contributed by atoms with Gasteiger partial charge in [-0.2, -0.15) is 0 Å². The molecule has 0 spiro atoms. The van der Waals surface area contributed by atoms with Gasteiger partial charge >= 0.3 is 0 Å². The summed E-state index contributed by atoms with van der Waals surface area (Å²) in [6.45, 7) is 0. The minimum Gasteiger partial charge on any atom is -0.301 e. The van der Waals surface area contributed by atoms with Crippen LogP contribution in [0.25, 0.3) is 0 Å². The average molecular weight is 204 g/mol.